The molecule has 178 valence electrons. The number of amides is 1. The first-order valence-corrected chi connectivity index (χ1v) is 12.8. The van der Waals surface area contributed by atoms with Crippen molar-refractivity contribution in [1.82, 2.24) is 15.1 Å². The molecule has 7 nitrogen and oxygen atoms in total. The van der Waals surface area contributed by atoms with E-state index in [9.17, 15) is 4.79 Å². The van der Waals surface area contributed by atoms with Gasteiger partial charge in [0, 0.05) is 51.8 Å². The van der Waals surface area contributed by atoms with Crippen LogP contribution < -0.4 is 5.32 Å². The van der Waals surface area contributed by atoms with Crippen molar-refractivity contribution in [3.8, 4) is 0 Å². The molecule has 7 heteroatoms. The summed E-state index contributed by atoms with van der Waals surface area (Å²) in [5.74, 6) is 1.49. The maximum Gasteiger partial charge on any atom is 0.225 e. The second kappa shape index (κ2) is 13.9. The number of piperidine rings is 1. The van der Waals surface area contributed by atoms with E-state index in [0.717, 1.165) is 77.5 Å². The molecule has 3 fully saturated rings. The zero-order valence-electron chi connectivity index (χ0n) is 19.7. The summed E-state index contributed by atoms with van der Waals surface area (Å²) in [5, 5.41) is 3.44. The topological polar surface area (TPSA) is 66.4 Å². The SMILES string of the molecule is CCNC(=NCCCCCOC1CCCCC1)N1CCC(C(=O)N2CCOCC2)CC1. The van der Waals surface area contributed by atoms with E-state index >= 15 is 0 Å². The van der Waals surface area contributed by atoms with Gasteiger partial charge in [0.2, 0.25) is 5.91 Å². The Kier molecular flexibility index (Phi) is 10.9. The predicted octanol–water partition coefficient (Wildman–Crippen LogP) is 3.04. The van der Waals surface area contributed by atoms with E-state index < -0.39 is 0 Å². The van der Waals surface area contributed by atoms with Crippen LogP contribution in [0.1, 0.15) is 71.1 Å². The first kappa shape index (κ1) is 24.3. The Hall–Kier alpha value is -1.34. The van der Waals surface area contributed by atoms with E-state index in [4.69, 9.17) is 14.5 Å². The van der Waals surface area contributed by atoms with Crippen molar-refractivity contribution in [2.24, 2.45) is 10.9 Å². The van der Waals surface area contributed by atoms with Gasteiger partial charge in [0.1, 0.15) is 0 Å². The Morgan fingerprint density at radius 1 is 0.968 bits per heavy atom. The number of rotatable bonds is 9. The number of likely N-dealkylation sites (tertiary alicyclic amines) is 1. The van der Waals surface area contributed by atoms with Crippen LogP contribution in [0.25, 0.3) is 0 Å². The second-order valence-electron chi connectivity index (χ2n) is 9.13. The smallest absolute Gasteiger partial charge is 0.225 e. The minimum atomic E-state index is 0.154. The van der Waals surface area contributed by atoms with Crippen LogP contribution in [0.5, 0.6) is 0 Å². The third-order valence-electron chi connectivity index (χ3n) is 6.77. The van der Waals surface area contributed by atoms with Crippen LogP contribution >= 0.6 is 0 Å². The lowest BCUT2D eigenvalue weighted by Crippen LogP contribution is -2.50. The summed E-state index contributed by atoms with van der Waals surface area (Å²) in [4.78, 5) is 21.9. The zero-order chi connectivity index (χ0) is 21.7. The molecule has 0 radical (unpaired) electrons. The van der Waals surface area contributed by atoms with E-state index in [-0.39, 0.29) is 5.92 Å². The Morgan fingerprint density at radius 2 is 1.71 bits per heavy atom. The molecule has 0 bridgehead atoms. The van der Waals surface area contributed by atoms with E-state index in [1.54, 1.807) is 0 Å². The van der Waals surface area contributed by atoms with Crippen LogP contribution in [0, 0.1) is 5.92 Å². The van der Waals surface area contributed by atoms with Gasteiger partial charge >= 0.3 is 0 Å². The third-order valence-corrected chi connectivity index (χ3v) is 6.77. The van der Waals surface area contributed by atoms with Gasteiger partial charge in [0.15, 0.2) is 5.96 Å². The van der Waals surface area contributed by atoms with Crippen LogP contribution in [-0.2, 0) is 14.3 Å². The molecule has 0 atom stereocenters. The summed E-state index contributed by atoms with van der Waals surface area (Å²) in [6.07, 6.45) is 12.3. The van der Waals surface area contributed by atoms with E-state index in [2.05, 4.69) is 17.1 Å². The van der Waals surface area contributed by atoms with Crippen molar-refractivity contribution in [2.75, 3.05) is 59.1 Å². The van der Waals surface area contributed by atoms with Crippen LogP contribution in [0.4, 0.5) is 0 Å². The van der Waals surface area contributed by atoms with Crippen molar-refractivity contribution in [3.63, 3.8) is 0 Å². The summed E-state index contributed by atoms with van der Waals surface area (Å²) in [6, 6.07) is 0. The molecular formula is C24H44N4O3. The lowest BCUT2D eigenvalue weighted by atomic mass is 9.95. The highest BCUT2D eigenvalue weighted by atomic mass is 16.5. The van der Waals surface area contributed by atoms with Crippen LogP contribution in [-0.4, -0.2) is 86.9 Å². The lowest BCUT2D eigenvalue weighted by Gasteiger charge is -2.36. The summed E-state index contributed by atoms with van der Waals surface area (Å²) in [7, 11) is 0. The molecule has 1 aliphatic carbocycles. The van der Waals surface area contributed by atoms with Crippen molar-refractivity contribution < 1.29 is 14.3 Å². The number of nitrogens with one attached hydrogen (secondary N) is 1. The molecule has 0 aromatic carbocycles. The first-order valence-electron chi connectivity index (χ1n) is 12.8. The molecule has 1 amide bonds. The zero-order valence-corrected chi connectivity index (χ0v) is 19.7. The Morgan fingerprint density at radius 3 is 2.42 bits per heavy atom. The first-order chi connectivity index (χ1) is 15.3. The number of carbonyl (C=O) groups is 1. The number of unbranched alkanes of at least 4 members (excludes halogenated alkanes) is 2. The number of ether oxygens (including phenoxy) is 2. The molecular weight excluding hydrogens is 392 g/mol. The highest BCUT2D eigenvalue weighted by molar-refractivity contribution is 5.81. The van der Waals surface area contributed by atoms with Gasteiger partial charge in [-0.3, -0.25) is 9.79 Å². The Labute approximate surface area is 188 Å². The minimum Gasteiger partial charge on any atom is -0.378 e. The largest absolute Gasteiger partial charge is 0.378 e. The van der Waals surface area contributed by atoms with Crippen LogP contribution in [0.2, 0.25) is 0 Å². The highest BCUT2D eigenvalue weighted by Gasteiger charge is 2.30. The predicted molar refractivity (Wildman–Crippen MR) is 124 cm³/mol. The Bertz CT molecular complexity index is 537. The van der Waals surface area contributed by atoms with E-state index in [1.807, 2.05) is 4.90 Å². The number of aliphatic imine (C=N–C) groups is 1. The summed E-state index contributed by atoms with van der Waals surface area (Å²) in [5.41, 5.74) is 0. The number of hydrogen-bond donors (Lipinski definition) is 1. The molecule has 0 spiro atoms. The van der Waals surface area contributed by atoms with Crippen LogP contribution in [0.3, 0.4) is 0 Å². The van der Waals surface area contributed by atoms with E-state index in [1.165, 1.54) is 38.5 Å². The fraction of sp³-hybridized carbons (Fsp3) is 0.917. The van der Waals surface area contributed by atoms with Gasteiger partial charge in [-0.15, -0.1) is 0 Å². The maximum absolute atomic E-state index is 12.7. The van der Waals surface area contributed by atoms with Crippen molar-refractivity contribution in [1.29, 1.82) is 0 Å². The van der Waals surface area contributed by atoms with E-state index in [0.29, 0.717) is 25.2 Å². The van der Waals surface area contributed by atoms with Gasteiger partial charge in [0.05, 0.1) is 19.3 Å². The monoisotopic (exact) mass is 436 g/mol. The van der Waals surface area contributed by atoms with Gasteiger partial charge in [-0.2, -0.15) is 0 Å². The highest BCUT2D eigenvalue weighted by Crippen LogP contribution is 2.21. The van der Waals surface area contributed by atoms with Crippen molar-refractivity contribution >= 4 is 11.9 Å². The molecule has 1 saturated carbocycles. The lowest BCUT2D eigenvalue weighted by molar-refractivity contribution is -0.140. The number of morpholine rings is 1. The number of guanidine groups is 1. The molecule has 0 aromatic heterocycles. The maximum atomic E-state index is 12.7. The summed E-state index contributed by atoms with van der Waals surface area (Å²) in [6.45, 7) is 9.40. The van der Waals surface area contributed by atoms with Gasteiger partial charge in [0.25, 0.3) is 0 Å². The number of carbonyl (C=O) groups excluding carboxylic acids is 1. The Balaban J connectivity index is 1.32. The van der Waals surface area contributed by atoms with Gasteiger partial charge in [-0.05, 0) is 51.9 Å². The molecule has 3 aliphatic rings. The average molecular weight is 437 g/mol. The third kappa shape index (κ3) is 8.26. The summed E-state index contributed by atoms with van der Waals surface area (Å²) >= 11 is 0. The summed E-state index contributed by atoms with van der Waals surface area (Å²) < 4.78 is 11.4. The molecule has 2 aliphatic heterocycles. The standard InChI is InChI=1S/C24H44N4O3/c1-2-25-24(26-13-7-4-8-18-31-22-9-5-3-6-10-22)28-14-11-21(12-15-28)23(29)27-16-19-30-20-17-27/h21-22H,2-20H2,1H3,(H,25,26). The average Bonchev–Trinajstić information content (AvgIpc) is 2.83. The van der Waals surface area contributed by atoms with Gasteiger partial charge < -0.3 is 24.6 Å². The fourth-order valence-corrected chi connectivity index (χ4v) is 4.86. The quantitative estimate of drug-likeness (QED) is 0.342. The van der Waals surface area contributed by atoms with Crippen molar-refractivity contribution in [3.05, 3.63) is 0 Å². The minimum absolute atomic E-state index is 0.154. The number of hydrogen-bond acceptors (Lipinski definition) is 4. The van der Waals surface area contributed by atoms with Crippen LogP contribution in [0.15, 0.2) is 4.99 Å². The molecule has 1 N–H and O–H groups in total. The fourth-order valence-electron chi connectivity index (χ4n) is 4.86. The second-order valence-corrected chi connectivity index (χ2v) is 9.13. The number of nitrogens with zero attached hydrogens (tertiary/aromatic N) is 3. The normalized spacial score (nSPS) is 22.0. The van der Waals surface area contributed by atoms with Gasteiger partial charge in [-0.1, -0.05) is 19.3 Å². The molecule has 2 heterocycles. The molecule has 2 saturated heterocycles. The molecule has 3 rings (SSSR count). The van der Waals surface area contributed by atoms with Crippen molar-refractivity contribution in [2.45, 2.75) is 77.2 Å². The molecule has 31 heavy (non-hydrogen) atoms. The molecule has 0 aromatic rings. The van der Waals surface area contributed by atoms with Gasteiger partial charge in [-0.25, -0.2) is 0 Å². The molecule has 0 unspecified atom stereocenters.